The van der Waals surface area contributed by atoms with Crippen molar-refractivity contribution in [2.24, 2.45) is 5.92 Å². The molecule has 1 fully saturated rings. The van der Waals surface area contributed by atoms with Crippen molar-refractivity contribution < 1.29 is 23.8 Å². The first kappa shape index (κ1) is 11.7. The van der Waals surface area contributed by atoms with E-state index in [1.807, 2.05) is 6.92 Å². The summed E-state index contributed by atoms with van der Waals surface area (Å²) >= 11 is 0. The molecule has 5 nitrogen and oxygen atoms in total. The van der Waals surface area contributed by atoms with E-state index in [-0.39, 0.29) is 12.7 Å². The van der Waals surface area contributed by atoms with Gasteiger partial charge >= 0.3 is 11.9 Å². The molecule has 1 aliphatic rings. The molecule has 5 heteroatoms. The van der Waals surface area contributed by atoms with E-state index < -0.39 is 18.0 Å². The standard InChI is InChI=1S/C10H14O5/c1-6(2)9(11)15-5-14-8-7(3)4-13-10(8)12/h7-8H,1,4-5H2,2-3H3. The Morgan fingerprint density at radius 2 is 2.33 bits per heavy atom. The summed E-state index contributed by atoms with van der Waals surface area (Å²) in [6, 6.07) is 0. The highest BCUT2D eigenvalue weighted by atomic mass is 16.7. The van der Waals surface area contributed by atoms with Gasteiger partial charge in [0.2, 0.25) is 0 Å². The minimum Gasteiger partial charge on any atom is -0.463 e. The number of cyclic esters (lactones) is 1. The van der Waals surface area contributed by atoms with Gasteiger partial charge in [-0.1, -0.05) is 13.5 Å². The minimum atomic E-state index is -0.636. The molecule has 0 amide bonds. The van der Waals surface area contributed by atoms with E-state index in [0.717, 1.165) is 0 Å². The van der Waals surface area contributed by atoms with Crippen LogP contribution in [0.25, 0.3) is 0 Å². The topological polar surface area (TPSA) is 61.8 Å². The number of rotatable bonds is 4. The first-order valence-corrected chi connectivity index (χ1v) is 4.63. The van der Waals surface area contributed by atoms with E-state index in [9.17, 15) is 9.59 Å². The highest BCUT2D eigenvalue weighted by Gasteiger charge is 2.34. The smallest absolute Gasteiger partial charge is 0.335 e. The predicted molar refractivity (Wildman–Crippen MR) is 50.8 cm³/mol. The number of ether oxygens (including phenoxy) is 3. The van der Waals surface area contributed by atoms with Gasteiger partial charge in [0.25, 0.3) is 0 Å². The molecule has 0 aromatic rings. The quantitative estimate of drug-likeness (QED) is 0.390. The van der Waals surface area contributed by atoms with Crippen LogP contribution in [-0.4, -0.2) is 31.4 Å². The summed E-state index contributed by atoms with van der Waals surface area (Å²) < 4.78 is 14.5. The Kier molecular flexibility index (Phi) is 3.85. The molecule has 84 valence electrons. The third-order valence-electron chi connectivity index (χ3n) is 2.02. The SMILES string of the molecule is C=C(C)C(=O)OCOC1C(=O)OCC1C. The molecule has 2 atom stereocenters. The Hall–Kier alpha value is -1.36. The number of carbonyl (C=O) groups is 2. The molecule has 2 unspecified atom stereocenters. The fraction of sp³-hybridized carbons (Fsp3) is 0.600. The maximum absolute atomic E-state index is 11.1. The zero-order valence-electron chi connectivity index (χ0n) is 8.82. The van der Waals surface area contributed by atoms with Crippen molar-refractivity contribution >= 4 is 11.9 Å². The van der Waals surface area contributed by atoms with Crippen molar-refractivity contribution in [3.63, 3.8) is 0 Å². The highest BCUT2D eigenvalue weighted by molar-refractivity contribution is 5.86. The van der Waals surface area contributed by atoms with Crippen molar-refractivity contribution in [1.82, 2.24) is 0 Å². The van der Waals surface area contributed by atoms with E-state index in [1.54, 1.807) is 0 Å². The molecule has 0 N–H and O–H groups in total. The van der Waals surface area contributed by atoms with Crippen LogP contribution in [0.4, 0.5) is 0 Å². The molecule has 1 rings (SSSR count). The number of carbonyl (C=O) groups excluding carboxylic acids is 2. The molecule has 0 aliphatic carbocycles. The molecule has 0 bridgehead atoms. The van der Waals surface area contributed by atoms with Crippen LogP contribution in [0, 0.1) is 5.92 Å². The van der Waals surface area contributed by atoms with Crippen LogP contribution < -0.4 is 0 Å². The van der Waals surface area contributed by atoms with Crippen molar-refractivity contribution in [1.29, 1.82) is 0 Å². The Balaban J connectivity index is 2.28. The maximum atomic E-state index is 11.1. The summed E-state index contributed by atoms with van der Waals surface area (Å²) in [5.41, 5.74) is 0.292. The van der Waals surface area contributed by atoms with Crippen LogP contribution in [-0.2, 0) is 23.8 Å². The lowest BCUT2D eigenvalue weighted by Gasteiger charge is -2.11. The van der Waals surface area contributed by atoms with E-state index in [1.165, 1.54) is 6.92 Å². The Labute approximate surface area is 88.0 Å². The van der Waals surface area contributed by atoms with Gasteiger partial charge in [0, 0.05) is 11.5 Å². The van der Waals surface area contributed by atoms with Crippen molar-refractivity contribution in [2.75, 3.05) is 13.4 Å². The number of hydrogen-bond donors (Lipinski definition) is 0. The molecule has 1 saturated heterocycles. The first-order valence-electron chi connectivity index (χ1n) is 4.63. The molecule has 15 heavy (non-hydrogen) atoms. The molecule has 0 saturated carbocycles. The van der Waals surface area contributed by atoms with Crippen LogP contribution in [0.2, 0.25) is 0 Å². The van der Waals surface area contributed by atoms with Crippen LogP contribution in [0.3, 0.4) is 0 Å². The lowest BCUT2D eigenvalue weighted by Crippen LogP contribution is -2.26. The third kappa shape index (κ3) is 3.06. The molecular weight excluding hydrogens is 200 g/mol. The van der Waals surface area contributed by atoms with Crippen LogP contribution in [0.5, 0.6) is 0 Å². The van der Waals surface area contributed by atoms with E-state index in [4.69, 9.17) is 14.2 Å². The summed E-state index contributed by atoms with van der Waals surface area (Å²) in [5.74, 6) is -0.955. The van der Waals surface area contributed by atoms with E-state index in [2.05, 4.69) is 6.58 Å². The average Bonchev–Trinajstić information content (AvgIpc) is 2.48. The second-order valence-corrected chi connectivity index (χ2v) is 3.52. The molecule has 1 heterocycles. The van der Waals surface area contributed by atoms with Crippen molar-refractivity contribution in [3.8, 4) is 0 Å². The fourth-order valence-corrected chi connectivity index (χ4v) is 1.13. The lowest BCUT2D eigenvalue weighted by atomic mass is 10.1. The largest absolute Gasteiger partial charge is 0.463 e. The highest BCUT2D eigenvalue weighted by Crippen LogP contribution is 2.17. The van der Waals surface area contributed by atoms with Gasteiger partial charge in [-0.25, -0.2) is 9.59 Å². The van der Waals surface area contributed by atoms with Gasteiger partial charge in [0.15, 0.2) is 12.9 Å². The van der Waals surface area contributed by atoms with Gasteiger partial charge in [0.05, 0.1) is 6.61 Å². The first-order chi connectivity index (χ1) is 7.02. The second-order valence-electron chi connectivity index (χ2n) is 3.52. The second kappa shape index (κ2) is 4.93. The van der Waals surface area contributed by atoms with Crippen LogP contribution in [0.15, 0.2) is 12.2 Å². The van der Waals surface area contributed by atoms with E-state index >= 15 is 0 Å². The van der Waals surface area contributed by atoms with E-state index in [0.29, 0.717) is 12.2 Å². The molecule has 1 aliphatic heterocycles. The van der Waals surface area contributed by atoms with Gasteiger partial charge in [-0.05, 0) is 6.92 Å². The summed E-state index contributed by atoms with van der Waals surface area (Å²) in [6.45, 7) is 6.87. The normalized spacial score (nSPS) is 24.8. The lowest BCUT2D eigenvalue weighted by molar-refractivity contribution is -0.166. The van der Waals surface area contributed by atoms with Gasteiger partial charge in [-0.2, -0.15) is 0 Å². The number of esters is 2. The monoisotopic (exact) mass is 214 g/mol. The van der Waals surface area contributed by atoms with Crippen molar-refractivity contribution in [3.05, 3.63) is 12.2 Å². The maximum Gasteiger partial charge on any atom is 0.335 e. The third-order valence-corrected chi connectivity index (χ3v) is 2.02. The van der Waals surface area contributed by atoms with Gasteiger partial charge in [-0.3, -0.25) is 0 Å². The summed E-state index contributed by atoms with van der Waals surface area (Å²) in [6.07, 6.45) is -0.636. The zero-order valence-corrected chi connectivity index (χ0v) is 8.82. The molecular formula is C10H14O5. The fourth-order valence-electron chi connectivity index (χ4n) is 1.13. The average molecular weight is 214 g/mol. The Morgan fingerprint density at radius 3 is 2.80 bits per heavy atom. The van der Waals surface area contributed by atoms with Crippen molar-refractivity contribution in [2.45, 2.75) is 20.0 Å². The Morgan fingerprint density at radius 1 is 1.67 bits per heavy atom. The summed E-state index contributed by atoms with van der Waals surface area (Å²) in [7, 11) is 0. The van der Waals surface area contributed by atoms with Crippen LogP contribution >= 0.6 is 0 Å². The number of hydrogen-bond acceptors (Lipinski definition) is 5. The summed E-state index contributed by atoms with van der Waals surface area (Å²) in [4.78, 5) is 22.1. The molecule has 0 spiro atoms. The molecule has 0 radical (unpaired) electrons. The van der Waals surface area contributed by atoms with Crippen LogP contribution in [0.1, 0.15) is 13.8 Å². The van der Waals surface area contributed by atoms with Gasteiger partial charge in [-0.15, -0.1) is 0 Å². The predicted octanol–water partition coefficient (Wildman–Crippen LogP) is 0.641. The zero-order chi connectivity index (χ0) is 11.4. The summed E-state index contributed by atoms with van der Waals surface area (Å²) in [5, 5.41) is 0. The Bertz CT molecular complexity index is 284. The molecule has 0 aromatic carbocycles. The van der Waals surface area contributed by atoms with Gasteiger partial charge in [0.1, 0.15) is 0 Å². The molecule has 0 aromatic heterocycles. The van der Waals surface area contributed by atoms with Gasteiger partial charge < -0.3 is 14.2 Å². The minimum absolute atomic E-state index is 0.0129.